The van der Waals surface area contributed by atoms with Gasteiger partial charge in [-0.2, -0.15) is 0 Å². The molecule has 2 fully saturated rings. The van der Waals surface area contributed by atoms with Crippen molar-refractivity contribution < 1.29 is 14.3 Å². The summed E-state index contributed by atoms with van der Waals surface area (Å²) in [6.07, 6.45) is 10.5. The number of benzene rings is 1. The van der Waals surface area contributed by atoms with Gasteiger partial charge < -0.3 is 19.9 Å². The molecule has 3 rings (SSSR count). The molecule has 0 aromatic heterocycles. The zero-order chi connectivity index (χ0) is 20.6. The highest BCUT2D eigenvalue weighted by Crippen LogP contribution is 2.27. The first-order chi connectivity index (χ1) is 14.1. The summed E-state index contributed by atoms with van der Waals surface area (Å²) in [5, 5.41) is 2.70. The molecule has 1 aliphatic heterocycles. The normalized spacial score (nSPS) is 18.5. The molecule has 1 heterocycles. The second-order valence-electron chi connectivity index (χ2n) is 8.04. The molecule has 2 amide bonds. The van der Waals surface area contributed by atoms with Crippen molar-refractivity contribution in [1.29, 1.82) is 0 Å². The Hall–Kier alpha value is -2.34. The molecule has 2 aliphatic rings. The van der Waals surface area contributed by atoms with Gasteiger partial charge in [-0.05, 0) is 56.5 Å². The lowest BCUT2D eigenvalue weighted by atomic mass is 10.0. The third-order valence-corrected chi connectivity index (χ3v) is 6.25. The van der Waals surface area contributed by atoms with Gasteiger partial charge in [-0.1, -0.05) is 25.0 Å². The number of hydrogen-bond acceptors (Lipinski definition) is 4. The van der Waals surface area contributed by atoms with Crippen LogP contribution in [0.2, 0.25) is 0 Å². The molecule has 6 heteroatoms. The van der Waals surface area contributed by atoms with Crippen LogP contribution in [0.3, 0.4) is 0 Å². The minimum absolute atomic E-state index is 0.00170. The van der Waals surface area contributed by atoms with Gasteiger partial charge in [-0.25, -0.2) is 0 Å². The molecular weight excluding hydrogens is 366 g/mol. The number of piperidine rings is 1. The second-order valence-corrected chi connectivity index (χ2v) is 8.04. The molecule has 0 spiro atoms. The van der Waals surface area contributed by atoms with Crippen molar-refractivity contribution in [3.8, 4) is 5.75 Å². The van der Waals surface area contributed by atoms with Crippen LogP contribution in [0.1, 0.15) is 44.1 Å². The number of methoxy groups -OCH3 is 1. The number of nitrogens with zero attached hydrogens (tertiary/aromatic N) is 2. The summed E-state index contributed by atoms with van der Waals surface area (Å²) in [7, 11) is 3.86. The summed E-state index contributed by atoms with van der Waals surface area (Å²) in [4.78, 5) is 28.9. The van der Waals surface area contributed by atoms with Gasteiger partial charge >= 0.3 is 0 Å². The fourth-order valence-corrected chi connectivity index (χ4v) is 4.35. The van der Waals surface area contributed by atoms with Gasteiger partial charge in [0.05, 0.1) is 13.7 Å². The molecule has 0 unspecified atom stereocenters. The van der Waals surface area contributed by atoms with Crippen molar-refractivity contribution in [2.45, 2.75) is 50.6 Å². The number of likely N-dealkylation sites (tertiary alicyclic amines) is 1. The molecule has 1 saturated heterocycles. The van der Waals surface area contributed by atoms with Crippen molar-refractivity contribution in [2.24, 2.45) is 0 Å². The van der Waals surface area contributed by atoms with Crippen LogP contribution in [0.5, 0.6) is 5.75 Å². The topological polar surface area (TPSA) is 61.9 Å². The minimum Gasteiger partial charge on any atom is -0.497 e. The van der Waals surface area contributed by atoms with E-state index in [9.17, 15) is 9.59 Å². The molecular formula is C23H33N3O3. The lowest BCUT2D eigenvalue weighted by Crippen LogP contribution is -2.49. The first-order valence-corrected chi connectivity index (χ1v) is 10.7. The molecule has 0 radical (unpaired) electrons. The molecule has 29 heavy (non-hydrogen) atoms. The minimum atomic E-state index is -0.259. The summed E-state index contributed by atoms with van der Waals surface area (Å²) in [6, 6.07) is 8.73. The monoisotopic (exact) mass is 399 g/mol. The maximum Gasteiger partial charge on any atom is 0.244 e. The molecule has 0 bridgehead atoms. The standard InChI is InChI=1S/C23H33N3O3/c1-25(19-5-3-4-6-19)20-13-15-26(16-14-20)23(28)17-24-22(27)12-9-18-7-10-21(29-2)11-8-18/h7-12,19-20H,3-6,13-17H2,1-2H3,(H,24,27)/b12-9+. The first kappa shape index (κ1) is 21.4. The Labute approximate surface area is 173 Å². The SMILES string of the molecule is COc1ccc(/C=C/C(=O)NCC(=O)N2CCC(N(C)C3CCCC3)CC2)cc1. The van der Waals surface area contributed by atoms with Crippen LogP contribution in [-0.2, 0) is 9.59 Å². The highest BCUT2D eigenvalue weighted by Gasteiger charge is 2.29. The third-order valence-electron chi connectivity index (χ3n) is 6.25. The maximum atomic E-state index is 12.4. The average molecular weight is 400 g/mol. The summed E-state index contributed by atoms with van der Waals surface area (Å²) in [5.74, 6) is 0.513. The van der Waals surface area contributed by atoms with E-state index in [1.54, 1.807) is 13.2 Å². The van der Waals surface area contributed by atoms with Crippen molar-refractivity contribution in [2.75, 3.05) is 33.8 Å². The van der Waals surface area contributed by atoms with E-state index in [-0.39, 0.29) is 18.4 Å². The molecule has 0 atom stereocenters. The number of amides is 2. The van der Waals surface area contributed by atoms with Crippen LogP contribution >= 0.6 is 0 Å². The molecule has 1 aliphatic carbocycles. The predicted octanol–water partition coefficient (Wildman–Crippen LogP) is 2.69. The predicted molar refractivity (Wildman–Crippen MR) is 115 cm³/mol. The summed E-state index contributed by atoms with van der Waals surface area (Å²) < 4.78 is 5.11. The van der Waals surface area contributed by atoms with Crippen LogP contribution in [0.4, 0.5) is 0 Å². The van der Waals surface area contributed by atoms with E-state index in [4.69, 9.17) is 4.74 Å². The van der Waals surface area contributed by atoms with E-state index in [1.165, 1.54) is 31.8 Å². The molecule has 1 saturated carbocycles. The van der Waals surface area contributed by atoms with E-state index in [0.29, 0.717) is 6.04 Å². The third kappa shape index (κ3) is 6.07. The smallest absolute Gasteiger partial charge is 0.244 e. The fourth-order valence-electron chi connectivity index (χ4n) is 4.35. The Balaban J connectivity index is 1.38. The van der Waals surface area contributed by atoms with Crippen LogP contribution in [0, 0.1) is 0 Å². The van der Waals surface area contributed by atoms with Crippen LogP contribution < -0.4 is 10.1 Å². The van der Waals surface area contributed by atoms with Gasteiger partial charge in [0.1, 0.15) is 5.75 Å². The number of carbonyl (C=O) groups excluding carboxylic acids is 2. The Kier molecular flexibility index (Phi) is 7.69. The van der Waals surface area contributed by atoms with E-state index < -0.39 is 0 Å². The average Bonchev–Trinajstić information content (AvgIpc) is 3.31. The number of ether oxygens (including phenoxy) is 1. The van der Waals surface area contributed by atoms with Crippen LogP contribution in [0.15, 0.2) is 30.3 Å². The van der Waals surface area contributed by atoms with Gasteiger partial charge in [-0.15, -0.1) is 0 Å². The molecule has 1 aromatic rings. The second kappa shape index (κ2) is 10.4. The molecule has 6 nitrogen and oxygen atoms in total. The summed E-state index contributed by atoms with van der Waals surface area (Å²) in [5.41, 5.74) is 0.903. The number of rotatable bonds is 7. The molecule has 1 N–H and O–H groups in total. The van der Waals surface area contributed by atoms with Gasteiger partial charge in [0.2, 0.25) is 11.8 Å². The number of hydrogen-bond donors (Lipinski definition) is 1. The van der Waals surface area contributed by atoms with E-state index in [2.05, 4.69) is 17.3 Å². The van der Waals surface area contributed by atoms with E-state index >= 15 is 0 Å². The lowest BCUT2D eigenvalue weighted by Gasteiger charge is -2.39. The lowest BCUT2D eigenvalue weighted by molar-refractivity contribution is -0.133. The number of nitrogens with one attached hydrogen (secondary N) is 1. The maximum absolute atomic E-state index is 12.4. The van der Waals surface area contributed by atoms with E-state index in [1.807, 2.05) is 29.2 Å². The molecule has 158 valence electrons. The van der Waals surface area contributed by atoms with Crippen LogP contribution in [-0.4, -0.2) is 67.5 Å². The van der Waals surface area contributed by atoms with Gasteiger partial charge in [0.25, 0.3) is 0 Å². The number of carbonyl (C=O) groups is 2. The van der Waals surface area contributed by atoms with Crippen molar-refractivity contribution in [3.63, 3.8) is 0 Å². The van der Waals surface area contributed by atoms with Gasteiger partial charge in [0, 0.05) is 31.2 Å². The van der Waals surface area contributed by atoms with Crippen molar-refractivity contribution in [3.05, 3.63) is 35.9 Å². The Morgan fingerprint density at radius 3 is 2.34 bits per heavy atom. The van der Waals surface area contributed by atoms with Gasteiger partial charge in [0.15, 0.2) is 0 Å². The summed E-state index contributed by atoms with van der Waals surface area (Å²) in [6.45, 7) is 1.60. The summed E-state index contributed by atoms with van der Waals surface area (Å²) >= 11 is 0. The van der Waals surface area contributed by atoms with Crippen molar-refractivity contribution in [1.82, 2.24) is 15.1 Å². The van der Waals surface area contributed by atoms with Gasteiger partial charge in [-0.3, -0.25) is 9.59 Å². The van der Waals surface area contributed by atoms with Crippen LogP contribution in [0.25, 0.3) is 6.08 Å². The highest BCUT2D eigenvalue weighted by molar-refractivity contribution is 5.94. The Morgan fingerprint density at radius 1 is 1.10 bits per heavy atom. The zero-order valence-electron chi connectivity index (χ0n) is 17.6. The highest BCUT2D eigenvalue weighted by atomic mass is 16.5. The first-order valence-electron chi connectivity index (χ1n) is 10.7. The largest absolute Gasteiger partial charge is 0.497 e. The Morgan fingerprint density at radius 2 is 1.72 bits per heavy atom. The van der Waals surface area contributed by atoms with E-state index in [0.717, 1.165) is 43.3 Å². The molecule has 1 aromatic carbocycles. The van der Waals surface area contributed by atoms with Crippen molar-refractivity contribution >= 4 is 17.9 Å². The zero-order valence-corrected chi connectivity index (χ0v) is 17.6. The Bertz CT molecular complexity index is 703. The quantitative estimate of drug-likeness (QED) is 0.716. The fraction of sp³-hybridized carbons (Fsp3) is 0.565.